The second-order valence-electron chi connectivity index (χ2n) is 3.54. The molecule has 102 valence electrons. The quantitative estimate of drug-likeness (QED) is 0.619. The number of methoxy groups -OCH3 is 1. The van der Waals surface area contributed by atoms with Gasteiger partial charge < -0.3 is 9.15 Å². The van der Waals surface area contributed by atoms with E-state index in [4.69, 9.17) is 4.42 Å². The van der Waals surface area contributed by atoms with Gasteiger partial charge in [-0.15, -0.1) is 10.2 Å². The Morgan fingerprint density at radius 1 is 1.47 bits per heavy atom. The van der Waals surface area contributed by atoms with Gasteiger partial charge in [-0.25, -0.2) is 4.79 Å². The SMILES string of the molecule is COC(=O)c1oc(CSc2nnc(SC)s2)cc1C. The lowest BCUT2D eigenvalue weighted by Gasteiger charge is -1.95. The van der Waals surface area contributed by atoms with Gasteiger partial charge in [0.2, 0.25) is 5.76 Å². The van der Waals surface area contributed by atoms with Crippen LogP contribution in [0.15, 0.2) is 19.2 Å². The number of esters is 1. The van der Waals surface area contributed by atoms with Crippen LogP contribution in [0.4, 0.5) is 0 Å². The van der Waals surface area contributed by atoms with Crippen LogP contribution in [0, 0.1) is 6.92 Å². The predicted molar refractivity (Wildman–Crippen MR) is 76.0 cm³/mol. The molecule has 0 N–H and O–H groups in total. The molecule has 8 heteroatoms. The smallest absolute Gasteiger partial charge is 0.374 e. The molecule has 0 amide bonds. The molecule has 19 heavy (non-hydrogen) atoms. The molecule has 2 rings (SSSR count). The second-order valence-corrected chi connectivity index (χ2v) is 6.80. The molecular weight excluding hydrogens is 304 g/mol. The van der Waals surface area contributed by atoms with E-state index in [1.807, 2.05) is 19.2 Å². The van der Waals surface area contributed by atoms with Gasteiger partial charge in [0.25, 0.3) is 0 Å². The van der Waals surface area contributed by atoms with E-state index in [1.165, 1.54) is 18.9 Å². The van der Waals surface area contributed by atoms with E-state index < -0.39 is 5.97 Å². The summed E-state index contributed by atoms with van der Waals surface area (Å²) >= 11 is 4.65. The molecule has 0 radical (unpaired) electrons. The Labute approximate surface area is 123 Å². The third-order valence-electron chi connectivity index (χ3n) is 2.24. The van der Waals surface area contributed by atoms with E-state index in [0.717, 1.165) is 20.0 Å². The van der Waals surface area contributed by atoms with Crippen LogP contribution in [0.25, 0.3) is 0 Å². The highest BCUT2D eigenvalue weighted by atomic mass is 32.2. The van der Waals surface area contributed by atoms with Gasteiger partial charge in [-0.05, 0) is 19.2 Å². The van der Waals surface area contributed by atoms with E-state index in [1.54, 1.807) is 23.1 Å². The Kier molecular flexibility index (Phi) is 4.89. The number of aromatic nitrogens is 2. The highest BCUT2D eigenvalue weighted by Gasteiger charge is 2.16. The fourth-order valence-electron chi connectivity index (χ4n) is 1.39. The third kappa shape index (κ3) is 3.52. The van der Waals surface area contributed by atoms with Crippen molar-refractivity contribution in [3.8, 4) is 0 Å². The first-order valence-corrected chi connectivity index (χ1v) is 8.34. The molecule has 0 atom stereocenters. The molecule has 0 aromatic carbocycles. The molecule has 0 bridgehead atoms. The van der Waals surface area contributed by atoms with Gasteiger partial charge in [-0.3, -0.25) is 0 Å². The molecule has 0 unspecified atom stereocenters. The predicted octanol–water partition coefficient (Wildman–Crippen LogP) is 3.24. The Balaban J connectivity index is 2.01. The number of furan rings is 1. The van der Waals surface area contributed by atoms with Gasteiger partial charge >= 0.3 is 5.97 Å². The molecule has 5 nitrogen and oxygen atoms in total. The van der Waals surface area contributed by atoms with Crippen molar-refractivity contribution in [1.29, 1.82) is 0 Å². The van der Waals surface area contributed by atoms with Crippen LogP contribution >= 0.6 is 34.9 Å². The highest BCUT2D eigenvalue weighted by Crippen LogP contribution is 2.30. The molecule has 2 aromatic rings. The number of aryl methyl sites for hydroxylation is 1. The van der Waals surface area contributed by atoms with Crippen LogP contribution < -0.4 is 0 Å². The third-order valence-corrected chi connectivity index (χ3v) is 5.29. The second kappa shape index (κ2) is 6.44. The summed E-state index contributed by atoms with van der Waals surface area (Å²) in [5, 5.41) is 8.08. The number of hydrogen-bond donors (Lipinski definition) is 0. The van der Waals surface area contributed by atoms with Crippen molar-refractivity contribution in [2.75, 3.05) is 13.4 Å². The molecule has 2 heterocycles. The van der Waals surface area contributed by atoms with Gasteiger partial charge in [0.1, 0.15) is 5.76 Å². The fraction of sp³-hybridized carbons (Fsp3) is 0.364. The van der Waals surface area contributed by atoms with E-state index in [-0.39, 0.29) is 5.76 Å². The van der Waals surface area contributed by atoms with Crippen LogP contribution in [0.5, 0.6) is 0 Å². The number of thioether (sulfide) groups is 2. The van der Waals surface area contributed by atoms with Crippen molar-refractivity contribution < 1.29 is 13.9 Å². The van der Waals surface area contributed by atoms with E-state index in [9.17, 15) is 4.79 Å². The number of hydrogen-bond acceptors (Lipinski definition) is 8. The average Bonchev–Trinajstić information content (AvgIpc) is 3.01. The Hall–Kier alpha value is -0.990. The molecule has 0 aliphatic carbocycles. The number of carbonyl (C=O) groups excluding carboxylic acids is 1. The van der Waals surface area contributed by atoms with Crippen molar-refractivity contribution >= 4 is 40.8 Å². The molecule has 0 saturated carbocycles. The lowest BCUT2D eigenvalue weighted by Crippen LogP contribution is -2.00. The maximum absolute atomic E-state index is 11.4. The van der Waals surface area contributed by atoms with Crippen LogP contribution in [0.1, 0.15) is 21.9 Å². The van der Waals surface area contributed by atoms with Crippen LogP contribution in [-0.4, -0.2) is 29.5 Å². The van der Waals surface area contributed by atoms with Gasteiger partial charge in [0, 0.05) is 5.56 Å². The molecule has 0 saturated heterocycles. The summed E-state index contributed by atoms with van der Waals surface area (Å²) < 4.78 is 12.0. The molecule has 2 aromatic heterocycles. The van der Waals surface area contributed by atoms with Crippen LogP contribution in [0.3, 0.4) is 0 Å². The molecule has 0 aliphatic heterocycles. The number of rotatable bonds is 5. The first-order valence-electron chi connectivity index (χ1n) is 5.32. The van der Waals surface area contributed by atoms with E-state index in [2.05, 4.69) is 14.9 Å². The molecule has 0 spiro atoms. The normalized spacial score (nSPS) is 10.7. The first-order chi connectivity index (χ1) is 9.13. The summed E-state index contributed by atoms with van der Waals surface area (Å²) in [7, 11) is 1.34. The largest absolute Gasteiger partial charge is 0.463 e. The zero-order valence-electron chi connectivity index (χ0n) is 10.6. The minimum atomic E-state index is -0.450. The lowest BCUT2D eigenvalue weighted by molar-refractivity contribution is 0.0562. The summed E-state index contributed by atoms with van der Waals surface area (Å²) in [4.78, 5) is 11.4. The van der Waals surface area contributed by atoms with Crippen molar-refractivity contribution in [3.63, 3.8) is 0 Å². The Bertz CT molecular complexity index is 580. The van der Waals surface area contributed by atoms with Crippen molar-refractivity contribution in [3.05, 3.63) is 23.2 Å². The molecular formula is C11H12N2O3S3. The van der Waals surface area contributed by atoms with Crippen molar-refractivity contribution in [2.45, 2.75) is 21.4 Å². The monoisotopic (exact) mass is 316 g/mol. The van der Waals surface area contributed by atoms with Gasteiger partial charge in [-0.1, -0.05) is 34.9 Å². The number of carbonyl (C=O) groups is 1. The highest BCUT2D eigenvalue weighted by molar-refractivity contribution is 8.02. The maximum Gasteiger partial charge on any atom is 0.374 e. The number of ether oxygens (including phenoxy) is 1. The molecule has 0 aliphatic rings. The fourth-order valence-corrected chi connectivity index (χ4v) is 3.70. The Morgan fingerprint density at radius 2 is 2.21 bits per heavy atom. The zero-order chi connectivity index (χ0) is 13.8. The molecule has 0 fully saturated rings. The van der Waals surface area contributed by atoms with E-state index in [0.29, 0.717) is 5.75 Å². The minimum absolute atomic E-state index is 0.264. The van der Waals surface area contributed by atoms with Crippen LogP contribution in [-0.2, 0) is 10.5 Å². The van der Waals surface area contributed by atoms with Crippen molar-refractivity contribution in [1.82, 2.24) is 10.2 Å². The van der Waals surface area contributed by atoms with Gasteiger partial charge in [-0.2, -0.15) is 0 Å². The Morgan fingerprint density at radius 3 is 2.84 bits per heavy atom. The first kappa shape index (κ1) is 14.4. The summed E-state index contributed by atoms with van der Waals surface area (Å²) in [6.45, 7) is 1.82. The topological polar surface area (TPSA) is 65.2 Å². The minimum Gasteiger partial charge on any atom is -0.463 e. The summed E-state index contributed by atoms with van der Waals surface area (Å²) in [6.07, 6.45) is 1.97. The lowest BCUT2D eigenvalue weighted by atomic mass is 10.3. The zero-order valence-corrected chi connectivity index (χ0v) is 13.1. The van der Waals surface area contributed by atoms with E-state index >= 15 is 0 Å². The maximum atomic E-state index is 11.4. The summed E-state index contributed by atoms with van der Waals surface area (Å²) in [5.74, 6) is 1.15. The summed E-state index contributed by atoms with van der Waals surface area (Å²) in [5.41, 5.74) is 0.782. The summed E-state index contributed by atoms with van der Waals surface area (Å²) in [6, 6.07) is 1.84. The average molecular weight is 316 g/mol. The van der Waals surface area contributed by atoms with Gasteiger partial charge in [0.05, 0.1) is 12.9 Å². The van der Waals surface area contributed by atoms with Crippen molar-refractivity contribution in [2.24, 2.45) is 0 Å². The van der Waals surface area contributed by atoms with Crippen LogP contribution in [0.2, 0.25) is 0 Å². The number of nitrogens with zero attached hydrogens (tertiary/aromatic N) is 2. The van der Waals surface area contributed by atoms with Gasteiger partial charge in [0.15, 0.2) is 8.68 Å². The standard InChI is InChI=1S/C11H12N2O3S3/c1-6-4-7(16-8(6)9(14)15-2)5-18-11-13-12-10(17-3)19-11/h4H,5H2,1-3H3.